The predicted molar refractivity (Wildman–Crippen MR) is 71.5 cm³/mol. The van der Waals surface area contributed by atoms with Gasteiger partial charge in [-0.2, -0.15) is 0 Å². The average Bonchev–Trinajstić information content (AvgIpc) is 2.77. The Morgan fingerprint density at radius 2 is 2.22 bits per heavy atom. The van der Waals surface area contributed by atoms with Gasteiger partial charge in [-0.1, -0.05) is 11.6 Å². The molecule has 4 heteroatoms. The molecule has 0 bridgehead atoms. The van der Waals surface area contributed by atoms with Gasteiger partial charge in [-0.15, -0.1) is 0 Å². The molecule has 1 saturated heterocycles. The molecule has 0 radical (unpaired) electrons. The molecule has 0 aromatic heterocycles. The van der Waals surface area contributed by atoms with Crippen LogP contribution in [-0.2, 0) is 4.74 Å². The first-order valence-electron chi connectivity index (χ1n) is 6.25. The lowest BCUT2D eigenvalue weighted by molar-refractivity contribution is 0.0575. The Bertz CT molecular complexity index is 459. The number of likely N-dealkylation sites (N-methyl/N-ethyl adjacent to an activating group) is 1. The lowest BCUT2D eigenvalue weighted by Gasteiger charge is -2.27. The summed E-state index contributed by atoms with van der Waals surface area (Å²) in [6, 6.07) is 5.67. The molecule has 2 rings (SSSR count). The largest absolute Gasteiger partial charge is 0.398 e. The van der Waals surface area contributed by atoms with Crippen LogP contribution in [0.5, 0.6) is 0 Å². The van der Waals surface area contributed by atoms with E-state index in [4.69, 9.17) is 10.5 Å². The topological polar surface area (TPSA) is 55.6 Å². The highest BCUT2D eigenvalue weighted by atomic mass is 16.5. The van der Waals surface area contributed by atoms with Crippen LogP contribution in [0.25, 0.3) is 0 Å². The van der Waals surface area contributed by atoms with E-state index in [-0.39, 0.29) is 18.1 Å². The number of hydrogen-bond donors (Lipinski definition) is 1. The minimum absolute atomic E-state index is 0.0291. The van der Waals surface area contributed by atoms with Crippen molar-refractivity contribution in [1.82, 2.24) is 4.90 Å². The number of anilines is 1. The second-order valence-corrected chi connectivity index (χ2v) is 4.94. The Morgan fingerprint density at radius 3 is 2.83 bits per heavy atom. The summed E-state index contributed by atoms with van der Waals surface area (Å²) in [7, 11) is 1.82. The minimum atomic E-state index is -0.0291. The van der Waals surface area contributed by atoms with E-state index >= 15 is 0 Å². The molecule has 1 aromatic carbocycles. The third kappa shape index (κ3) is 2.34. The second-order valence-electron chi connectivity index (χ2n) is 4.94. The summed E-state index contributed by atoms with van der Waals surface area (Å²) in [6.07, 6.45) is 0.972. The van der Waals surface area contributed by atoms with Crippen molar-refractivity contribution in [3.63, 3.8) is 0 Å². The van der Waals surface area contributed by atoms with Gasteiger partial charge in [0.15, 0.2) is 0 Å². The zero-order valence-corrected chi connectivity index (χ0v) is 11.1. The molecule has 1 aromatic rings. The molecule has 4 nitrogen and oxygen atoms in total. The normalized spacial score (nSPS) is 23.1. The first-order chi connectivity index (χ1) is 8.50. The van der Waals surface area contributed by atoms with Crippen molar-refractivity contribution >= 4 is 11.6 Å². The molecule has 0 spiro atoms. The fourth-order valence-corrected chi connectivity index (χ4v) is 2.42. The van der Waals surface area contributed by atoms with Gasteiger partial charge in [-0.25, -0.2) is 0 Å². The quantitative estimate of drug-likeness (QED) is 0.812. The van der Waals surface area contributed by atoms with Crippen LogP contribution < -0.4 is 5.73 Å². The van der Waals surface area contributed by atoms with Gasteiger partial charge < -0.3 is 15.4 Å². The molecule has 2 atom stereocenters. The van der Waals surface area contributed by atoms with Crippen molar-refractivity contribution in [3.8, 4) is 0 Å². The maximum atomic E-state index is 12.4. The lowest BCUT2D eigenvalue weighted by atomic mass is 10.1. The Kier molecular flexibility index (Phi) is 3.57. The Morgan fingerprint density at radius 1 is 1.50 bits per heavy atom. The number of rotatable bonds is 2. The van der Waals surface area contributed by atoms with Gasteiger partial charge in [0, 0.05) is 19.3 Å². The van der Waals surface area contributed by atoms with E-state index in [1.165, 1.54) is 0 Å². The summed E-state index contributed by atoms with van der Waals surface area (Å²) in [5.74, 6) is -0.0291. The Balaban J connectivity index is 2.22. The van der Waals surface area contributed by atoms with Crippen molar-refractivity contribution < 1.29 is 9.53 Å². The molecule has 1 heterocycles. The zero-order valence-electron chi connectivity index (χ0n) is 11.1. The number of nitrogens with zero attached hydrogens (tertiary/aromatic N) is 1. The fourth-order valence-electron chi connectivity index (χ4n) is 2.42. The number of benzene rings is 1. The highest BCUT2D eigenvalue weighted by Gasteiger charge is 2.31. The van der Waals surface area contributed by atoms with Crippen LogP contribution >= 0.6 is 0 Å². The third-order valence-corrected chi connectivity index (χ3v) is 3.59. The third-order valence-electron chi connectivity index (χ3n) is 3.59. The van der Waals surface area contributed by atoms with Crippen LogP contribution in [0.15, 0.2) is 18.2 Å². The van der Waals surface area contributed by atoms with Crippen LogP contribution in [0.3, 0.4) is 0 Å². The van der Waals surface area contributed by atoms with Crippen molar-refractivity contribution in [1.29, 1.82) is 0 Å². The minimum Gasteiger partial charge on any atom is -0.398 e. The number of aryl methyl sites for hydroxylation is 1. The molecule has 1 aliphatic rings. The van der Waals surface area contributed by atoms with Crippen LogP contribution in [0.2, 0.25) is 0 Å². The van der Waals surface area contributed by atoms with Crippen LogP contribution in [-0.4, -0.2) is 36.6 Å². The van der Waals surface area contributed by atoms with Gasteiger partial charge in [0.25, 0.3) is 5.91 Å². The van der Waals surface area contributed by atoms with Crippen molar-refractivity contribution in [2.24, 2.45) is 0 Å². The summed E-state index contributed by atoms with van der Waals surface area (Å²) in [4.78, 5) is 14.2. The number of hydrogen-bond acceptors (Lipinski definition) is 3. The molecule has 0 saturated carbocycles. The fraction of sp³-hybridized carbons (Fsp3) is 0.500. The number of amides is 1. The van der Waals surface area contributed by atoms with E-state index in [9.17, 15) is 4.79 Å². The molecule has 0 aliphatic carbocycles. The van der Waals surface area contributed by atoms with Crippen LogP contribution in [0.4, 0.5) is 5.69 Å². The number of carbonyl (C=O) groups is 1. The van der Waals surface area contributed by atoms with Crippen molar-refractivity contribution in [2.75, 3.05) is 19.4 Å². The molecular formula is C14H20N2O2. The molecule has 1 amide bonds. The Hall–Kier alpha value is -1.55. The van der Waals surface area contributed by atoms with Gasteiger partial charge >= 0.3 is 0 Å². The van der Waals surface area contributed by atoms with Crippen LogP contribution in [0.1, 0.15) is 29.3 Å². The first kappa shape index (κ1) is 12.9. The van der Waals surface area contributed by atoms with Crippen LogP contribution in [0, 0.1) is 6.92 Å². The monoisotopic (exact) mass is 248 g/mol. The van der Waals surface area contributed by atoms with E-state index in [1.807, 2.05) is 33.0 Å². The lowest BCUT2D eigenvalue weighted by Crippen LogP contribution is -2.41. The van der Waals surface area contributed by atoms with Gasteiger partial charge in [-0.3, -0.25) is 4.79 Å². The summed E-state index contributed by atoms with van der Waals surface area (Å²) >= 11 is 0. The first-order valence-corrected chi connectivity index (χ1v) is 6.25. The molecule has 2 N–H and O–H groups in total. The molecule has 98 valence electrons. The van der Waals surface area contributed by atoms with Gasteiger partial charge in [0.1, 0.15) is 0 Å². The average molecular weight is 248 g/mol. The van der Waals surface area contributed by atoms with Crippen molar-refractivity contribution in [2.45, 2.75) is 32.4 Å². The molecule has 1 aliphatic heterocycles. The van der Waals surface area contributed by atoms with Crippen molar-refractivity contribution in [3.05, 3.63) is 29.3 Å². The molecule has 18 heavy (non-hydrogen) atoms. The number of nitrogen functional groups attached to an aromatic ring is 1. The van der Waals surface area contributed by atoms with E-state index < -0.39 is 0 Å². The summed E-state index contributed by atoms with van der Waals surface area (Å²) in [5, 5.41) is 0. The van der Waals surface area contributed by atoms with Gasteiger partial charge in [0.2, 0.25) is 0 Å². The summed E-state index contributed by atoms with van der Waals surface area (Å²) in [6.45, 7) is 4.67. The SMILES string of the molecule is Cc1ccc(N)c(C(=O)N(C)C2CCOC2C)c1. The van der Waals surface area contributed by atoms with E-state index in [2.05, 4.69) is 0 Å². The maximum absolute atomic E-state index is 12.4. The second kappa shape index (κ2) is 4.98. The highest BCUT2D eigenvalue weighted by Crippen LogP contribution is 2.22. The van der Waals surface area contributed by atoms with E-state index in [1.54, 1.807) is 11.0 Å². The van der Waals surface area contributed by atoms with Gasteiger partial charge in [-0.05, 0) is 32.4 Å². The van der Waals surface area contributed by atoms with E-state index in [0.29, 0.717) is 17.9 Å². The molecule has 2 unspecified atom stereocenters. The number of carbonyl (C=O) groups excluding carboxylic acids is 1. The summed E-state index contributed by atoms with van der Waals surface area (Å²) < 4.78 is 5.50. The maximum Gasteiger partial charge on any atom is 0.256 e. The van der Waals surface area contributed by atoms with E-state index in [0.717, 1.165) is 12.0 Å². The number of ether oxygens (including phenoxy) is 1. The zero-order chi connectivity index (χ0) is 13.3. The smallest absolute Gasteiger partial charge is 0.256 e. The molecular weight excluding hydrogens is 228 g/mol. The summed E-state index contributed by atoms with van der Waals surface area (Å²) in [5.41, 5.74) is 8.03. The molecule has 1 fully saturated rings. The highest BCUT2D eigenvalue weighted by molar-refractivity contribution is 5.99. The van der Waals surface area contributed by atoms with Gasteiger partial charge in [0.05, 0.1) is 17.7 Å². The predicted octanol–water partition coefficient (Wildman–Crippen LogP) is 1.83. The standard InChI is InChI=1S/C14H20N2O2/c1-9-4-5-12(15)11(8-9)14(17)16(3)13-6-7-18-10(13)2/h4-5,8,10,13H,6-7,15H2,1-3H3. The Labute approximate surface area is 108 Å². The number of nitrogens with two attached hydrogens (primary N) is 1.